The zero-order chi connectivity index (χ0) is 40.1. The second kappa shape index (κ2) is 21.6. The molecule has 59 heavy (non-hydrogen) atoms. The van der Waals surface area contributed by atoms with E-state index in [4.69, 9.17) is 24.2 Å². The predicted molar refractivity (Wildman–Crippen MR) is 222 cm³/mol. The number of aromatic carboxylic acids is 1. The lowest BCUT2D eigenvalue weighted by molar-refractivity contribution is -0.432. The van der Waals surface area contributed by atoms with Gasteiger partial charge in [-0.3, -0.25) is 0 Å². The minimum atomic E-state index is -1.53. The maximum Gasteiger partial charge on any atom is 0.343 e. The van der Waals surface area contributed by atoms with Crippen LogP contribution < -0.4 is 10.1 Å². The molecule has 6 aromatic rings. The minimum Gasteiger partial charge on any atom is -0.507 e. The molecule has 0 aromatic heterocycles. The number of hydrogen-bond donors (Lipinski definition) is 6. The smallest absolute Gasteiger partial charge is 0.343 e. The van der Waals surface area contributed by atoms with Crippen LogP contribution in [0.4, 0.5) is 28.4 Å². The molecule has 0 amide bonds. The van der Waals surface area contributed by atoms with Crippen LogP contribution in [0.5, 0.6) is 23.0 Å². The number of fused-ring (bicyclic) bond motifs is 2. The fourth-order valence-corrected chi connectivity index (χ4v) is 5.87. The van der Waals surface area contributed by atoms with Crippen LogP contribution in [0.1, 0.15) is 30.8 Å². The minimum absolute atomic E-state index is 0. The fourth-order valence-electron chi connectivity index (χ4n) is 5.38. The van der Waals surface area contributed by atoms with Crippen LogP contribution in [0.3, 0.4) is 0 Å². The topological polar surface area (TPSA) is 235 Å². The number of azo groups is 2. The summed E-state index contributed by atoms with van der Waals surface area (Å²) in [6.45, 7) is 0.0141. The number of carbonyl (C=O) groups is 1. The first kappa shape index (κ1) is 44.9. The summed E-state index contributed by atoms with van der Waals surface area (Å²) in [5.41, 5.74) is 1.44. The van der Waals surface area contributed by atoms with Crippen molar-refractivity contribution in [2.45, 2.75) is 19.7 Å². The molecule has 0 saturated heterocycles. The summed E-state index contributed by atoms with van der Waals surface area (Å²) in [5, 5.41) is 75.9. The highest BCUT2D eigenvalue weighted by Gasteiger charge is 2.19. The Balaban J connectivity index is 0.00000384. The highest BCUT2D eigenvalue weighted by molar-refractivity contribution is 7.94. The highest BCUT2D eigenvalue weighted by Crippen LogP contribution is 2.45. The van der Waals surface area contributed by atoms with Crippen molar-refractivity contribution in [1.29, 1.82) is 0 Å². The van der Waals surface area contributed by atoms with Crippen molar-refractivity contribution in [3.05, 3.63) is 114 Å². The third-order valence-electron chi connectivity index (χ3n) is 8.13. The highest BCUT2D eigenvalue weighted by atomic mass is 32.2. The van der Waals surface area contributed by atoms with Crippen molar-refractivity contribution in [3.63, 3.8) is 0 Å². The van der Waals surface area contributed by atoms with Gasteiger partial charge in [0, 0.05) is 21.8 Å². The first-order chi connectivity index (χ1) is 27.8. The average molecular weight is 828 g/mol. The lowest BCUT2D eigenvalue weighted by Crippen LogP contribution is -2.09. The van der Waals surface area contributed by atoms with Gasteiger partial charge in [-0.2, -0.15) is 0 Å². The first-order valence-electron chi connectivity index (χ1n) is 16.7. The summed E-state index contributed by atoms with van der Waals surface area (Å²) in [7, 11) is 1.61. The number of hydrogen-bond acceptors (Lipinski definition) is 17. The second-order valence-corrected chi connectivity index (χ2v) is 12.4. The van der Waals surface area contributed by atoms with Gasteiger partial charge in [0.05, 0.1) is 41.7 Å². The lowest BCUT2D eigenvalue weighted by Gasteiger charge is -2.12. The van der Waals surface area contributed by atoms with Crippen molar-refractivity contribution < 1.29 is 58.8 Å². The molecule has 0 atom stereocenters. The Bertz CT molecular complexity index is 2460. The van der Waals surface area contributed by atoms with E-state index >= 15 is 0 Å². The van der Waals surface area contributed by atoms with Crippen molar-refractivity contribution in [2.24, 2.45) is 20.5 Å². The molecule has 0 spiro atoms. The van der Waals surface area contributed by atoms with E-state index in [1.165, 1.54) is 12.3 Å². The maximum atomic E-state index is 11.5. The van der Waals surface area contributed by atoms with Gasteiger partial charge in [-0.05, 0) is 71.6 Å². The van der Waals surface area contributed by atoms with Crippen LogP contribution in [-0.2, 0) is 23.6 Å². The molecular formula is C41H41N5O12S. The van der Waals surface area contributed by atoms with Crippen LogP contribution in [0.25, 0.3) is 27.6 Å². The SMILES string of the molecule is C.C.COc1ccc(C=COCOCOCNc2ccc3cc(SOOO)c(N=Nc4ccc(N=Nc5ccc(O)c(C(=O)O)c5O)c5ccccc45)c(O)c3c2)cc1. The van der Waals surface area contributed by atoms with Crippen molar-refractivity contribution >= 4 is 74.1 Å². The van der Waals surface area contributed by atoms with Crippen molar-refractivity contribution in [2.75, 3.05) is 32.7 Å². The Labute approximate surface area is 342 Å². The van der Waals surface area contributed by atoms with Gasteiger partial charge in [0.1, 0.15) is 35.2 Å². The Hall–Kier alpha value is -6.80. The van der Waals surface area contributed by atoms with E-state index in [0.29, 0.717) is 50.6 Å². The van der Waals surface area contributed by atoms with Gasteiger partial charge in [0.25, 0.3) is 0 Å². The third kappa shape index (κ3) is 11.2. The quantitative estimate of drug-likeness (QED) is 0.00899. The standard InChI is InChI=1S/C39H33N5O12S.2CH4/c1-51-26-10-6-23(7-11-26)16-17-52-21-54-22-53-20-40-25-9-8-24-18-34(57-56-55-50)36(37(46)29(24)19-25)44-42-31-13-12-30(27-4-2-3-5-28(27)31)41-43-32-14-15-33(45)35(38(32)47)39(48)49;;/h2-19,40,45-47,50H,20-22H2,1H3,(H,48,49);2*1H4. The maximum absolute atomic E-state index is 11.5. The Morgan fingerprint density at radius 3 is 2.12 bits per heavy atom. The van der Waals surface area contributed by atoms with Gasteiger partial charge in [0.15, 0.2) is 25.1 Å². The van der Waals surface area contributed by atoms with Crippen LogP contribution in [-0.4, -0.2) is 59.1 Å². The van der Waals surface area contributed by atoms with Gasteiger partial charge in [-0.25, -0.2) is 10.1 Å². The lowest BCUT2D eigenvalue weighted by atomic mass is 10.1. The zero-order valence-corrected chi connectivity index (χ0v) is 30.6. The molecule has 0 aliphatic carbocycles. The van der Waals surface area contributed by atoms with E-state index in [0.717, 1.165) is 17.4 Å². The molecule has 0 aliphatic rings. The number of nitrogens with zero attached hydrogens (tertiary/aromatic N) is 4. The van der Waals surface area contributed by atoms with Gasteiger partial charge in [0.2, 0.25) is 0 Å². The van der Waals surface area contributed by atoms with Gasteiger partial charge < -0.3 is 44.7 Å². The predicted octanol–water partition coefficient (Wildman–Crippen LogP) is 11.4. The molecule has 308 valence electrons. The molecule has 0 fully saturated rings. The molecule has 6 rings (SSSR count). The number of ether oxygens (including phenoxy) is 4. The van der Waals surface area contributed by atoms with Gasteiger partial charge in [-0.15, -0.1) is 24.8 Å². The first-order valence-corrected chi connectivity index (χ1v) is 17.4. The van der Waals surface area contributed by atoms with Gasteiger partial charge >= 0.3 is 5.97 Å². The second-order valence-electron chi connectivity index (χ2n) is 11.6. The monoisotopic (exact) mass is 827 g/mol. The number of carboxylic acid groups (broad SMARTS) is 1. The van der Waals surface area contributed by atoms with E-state index in [9.17, 15) is 25.2 Å². The number of nitrogens with one attached hydrogen (secondary N) is 1. The summed E-state index contributed by atoms with van der Waals surface area (Å²) >= 11 is 0.602. The van der Waals surface area contributed by atoms with E-state index in [1.807, 2.05) is 24.3 Å². The van der Waals surface area contributed by atoms with E-state index in [-0.39, 0.29) is 57.2 Å². The molecule has 0 aliphatic heterocycles. The molecule has 6 N–H and O–H groups in total. The van der Waals surface area contributed by atoms with E-state index < -0.39 is 23.0 Å². The molecule has 0 saturated carbocycles. The molecule has 0 radical (unpaired) electrons. The van der Waals surface area contributed by atoms with Crippen LogP contribution in [0.15, 0.2) is 129 Å². The molecule has 17 nitrogen and oxygen atoms in total. The summed E-state index contributed by atoms with van der Waals surface area (Å²) < 4.78 is 26.0. The molecule has 0 heterocycles. The van der Waals surface area contributed by atoms with Gasteiger partial charge in [-0.1, -0.05) is 62.4 Å². The average Bonchev–Trinajstić information content (AvgIpc) is 3.22. The number of aromatic hydroxyl groups is 3. The molecule has 18 heteroatoms. The number of phenols is 3. The molecule has 0 bridgehead atoms. The Morgan fingerprint density at radius 1 is 0.763 bits per heavy atom. The van der Waals surface area contributed by atoms with E-state index in [2.05, 4.69) is 35.1 Å². The fraction of sp³-hybridized carbons (Fsp3) is 0.146. The molecule has 6 aromatic carbocycles. The summed E-state index contributed by atoms with van der Waals surface area (Å²) in [5.74, 6) is -2.36. The third-order valence-corrected chi connectivity index (χ3v) is 8.75. The van der Waals surface area contributed by atoms with Crippen molar-refractivity contribution in [1.82, 2.24) is 0 Å². The largest absolute Gasteiger partial charge is 0.507 e. The number of rotatable bonds is 18. The Kier molecular flexibility index (Phi) is 16.5. The summed E-state index contributed by atoms with van der Waals surface area (Å²) in [6.07, 6.45) is 3.31. The molecular weight excluding hydrogens is 787 g/mol. The summed E-state index contributed by atoms with van der Waals surface area (Å²) in [6, 6.07) is 26.9. The van der Waals surface area contributed by atoms with Crippen LogP contribution >= 0.6 is 12.0 Å². The van der Waals surface area contributed by atoms with E-state index in [1.54, 1.807) is 73.8 Å². The number of methoxy groups -OCH3 is 1. The van der Waals surface area contributed by atoms with Crippen LogP contribution in [0.2, 0.25) is 0 Å². The number of anilines is 1. The number of benzene rings is 6. The normalized spacial score (nSPS) is 11.3. The summed E-state index contributed by atoms with van der Waals surface area (Å²) in [4.78, 5) is 11.7. The zero-order valence-electron chi connectivity index (χ0n) is 29.8. The Morgan fingerprint density at radius 2 is 1.44 bits per heavy atom. The van der Waals surface area contributed by atoms with Crippen molar-refractivity contribution in [3.8, 4) is 23.0 Å². The number of phenolic OH excluding ortho intramolecular Hbond substituents is 1. The molecule has 0 unspecified atom stereocenters. The number of carboxylic acids is 1. The van der Waals surface area contributed by atoms with Crippen LogP contribution in [0, 0.1) is 0 Å².